The number of nitro benzene ring substituents is 1. The van der Waals surface area contributed by atoms with E-state index in [1.807, 2.05) is 17.9 Å². The quantitative estimate of drug-likeness (QED) is 0.616. The Morgan fingerprint density at radius 3 is 2.38 bits per heavy atom. The van der Waals surface area contributed by atoms with Crippen LogP contribution in [0.1, 0.15) is 31.3 Å². The highest BCUT2D eigenvalue weighted by molar-refractivity contribution is 5.64. The minimum Gasteiger partial charge on any atom is -0.362 e. The Labute approximate surface area is 151 Å². The largest absolute Gasteiger partial charge is 0.362 e. The summed E-state index contributed by atoms with van der Waals surface area (Å²) in [5.41, 5.74) is 1.18. The number of piperazine rings is 1. The van der Waals surface area contributed by atoms with Crippen molar-refractivity contribution >= 4 is 17.2 Å². The molecule has 1 aromatic carbocycles. The molecule has 2 aromatic rings. The number of anilines is 2. The van der Waals surface area contributed by atoms with Crippen LogP contribution in [0.2, 0.25) is 0 Å². The van der Waals surface area contributed by atoms with Gasteiger partial charge in [-0.1, -0.05) is 13.8 Å². The molecule has 7 nitrogen and oxygen atoms in total. The van der Waals surface area contributed by atoms with E-state index in [1.165, 1.54) is 12.1 Å². The Hall–Kier alpha value is -2.77. The first-order valence-corrected chi connectivity index (χ1v) is 8.64. The molecular formula is C18H22FN5O2. The second-order valence-electron chi connectivity index (χ2n) is 6.74. The molecule has 1 fully saturated rings. The maximum Gasteiger partial charge on any atom is 0.292 e. The van der Waals surface area contributed by atoms with Gasteiger partial charge in [0.2, 0.25) is 0 Å². The molecule has 1 aromatic heterocycles. The molecule has 26 heavy (non-hydrogen) atoms. The number of aromatic nitrogens is 2. The van der Waals surface area contributed by atoms with Crippen molar-refractivity contribution in [2.24, 2.45) is 0 Å². The van der Waals surface area contributed by atoms with Gasteiger partial charge in [0.15, 0.2) is 0 Å². The van der Waals surface area contributed by atoms with Crippen LogP contribution in [0.3, 0.4) is 0 Å². The van der Waals surface area contributed by atoms with Crippen LogP contribution in [0.4, 0.5) is 21.6 Å². The van der Waals surface area contributed by atoms with Gasteiger partial charge >= 0.3 is 0 Å². The molecule has 0 spiro atoms. The molecule has 0 aliphatic carbocycles. The van der Waals surface area contributed by atoms with E-state index in [-0.39, 0.29) is 11.6 Å². The zero-order chi connectivity index (χ0) is 18.8. The van der Waals surface area contributed by atoms with Gasteiger partial charge < -0.3 is 9.80 Å². The Bertz CT molecular complexity index is 819. The molecule has 0 atom stereocenters. The average molecular weight is 359 g/mol. The highest BCUT2D eigenvalue weighted by Crippen LogP contribution is 2.30. The standard InChI is InChI=1S/C18H22FN5O2/c1-12(2)18-20-13(3)10-17(21-18)23-8-6-22(7-9-23)16-11-14(19)4-5-15(16)24(25)26/h4-5,10-12H,6-9H2,1-3H3. The molecule has 0 radical (unpaired) electrons. The van der Waals surface area contributed by atoms with Crippen molar-refractivity contribution in [3.05, 3.63) is 51.7 Å². The maximum absolute atomic E-state index is 13.6. The normalized spacial score (nSPS) is 14.8. The number of nitro groups is 1. The van der Waals surface area contributed by atoms with Crippen molar-refractivity contribution in [2.45, 2.75) is 26.7 Å². The minimum atomic E-state index is -0.471. The lowest BCUT2D eigenvalue weighted by Gasteiger charge is -2.36. The lowest BCUT2D eigenvalue weighted by Crippen LogP contribution is -2.47. The van der Waals surface area contributed by atoms with Crippen LogP contribution >= 0.6 is 0 Å². The topological polar surface area (TPSA) is 75.4 Å². The van der Waals surface area contributed by atoms with Gasteiger partial charge in [-0.15, -0.1) is 0 Å². The molecule has 0 unspecified atom stereocenters. The molecule has 138 valence electrons. The fraction of sp³-hybridized carbons (Fsp3) is 0.444. The predicted octanol–water partition coefficient (Wildman–Crippen LogP) is 3.28. The fourth-order valence-corrected chi connectivity index (χ4v) is 3.08. The number of halogens is 1. The van der Waals surface area contributed by atoms with Crippen LogP contribution in [-0.4, -0.2) is 41.1 Å². The van der Waals surface area contributed by atoms with E-state index in [2.05, 4.69) is 28.7 Å². The van der Waals surface area contributed by atoms with Crippen LogP contribution in [0.15, 0.2) is 24.3 Å². The first-order chi connectivity index (χ1) is 12.3. The molecule has 0 saturated carbocycles. The summed E-state index contributed by atoms with van der Waals surface area (Å²) in [7, 11) is 0. The number of hydrogen-bond donors (Lipinski definition) is 0. The molecule has 0 amide bonds. The molecule has 1 aliphatic rings. The van der Waals surface area contributed by atoms with Gasteiger partial charge in [0.1, 0.15) is 23.1 Å². The summed E-state index contributed by atoms with van der Waals surface area (Å²) >= 11 is 0. The third-order valence-electron chi connectivity index (χ3n) is 4.45. The molecule has 3 rings (SSSR count). The van der Waals surface area contributed by atoms with Gasteiger partial charge in [0, 0.05) is 56.0 Å². The van der Waals surface area contributed by atoms with Crippen LogP contribution < -0.4 is 9.80 Å². The van der Waals surface area contributed by atoms with E-state index in [1.54, 1.807) is 0 Å². The lowest BCUT2D eigenvalue weighted by molar-refractivity contribution is -0.384. The third kappa shape index (κ3) is 3.74. The molecule has 1 saturated heterocycles. The first kappa shape index (κ1) is 18.0. The predicted molar refractivity (Wildman–Crippen MR) is 98.3 cm³/mol. The second kappa shape index (κ2) is 7.23. The zero-order valence-corrected chi connectivity index (χ0v) is 15.1. The van der Waals surface area contributed by atoms with Crippen LogP contribution in [0, 0.1) is 22.9 Å². The van der Waals surface area contributed by atoms with Gasteiger partial charge in [0.05, 0.1) is 4.92 Å². The Kier molecular flexibility index (Phi) is 5.01. The summed E-state index contributed by atoms with van der Waals surface area (Å²) in [4.78, 5) is 23.9. The maximum atomic E-state index is 13.6. The summed E-state index contributed by atoms with van der Waals surface area (Å²) in [6, 6.07) is 5.53. The van der Waals surface area contributed by atoms with E-state index in [4.69, 9.17) is 0 Å². The van der Waals surface area contributed by atoms with E-state index in [0.717, 1.165) is 23.4 Å². The number of aryl methyl sites for hydroxylation is 1. The molecule has 0 N–H and O–H groups in total. The van der Waals surface area contributed by atoms with Crippen molar-refractivity contribution in [1.29, 1.82) is 0 Å². The van der Waals surface area contributed by atoms with E-state index >= 15 is 0 Å². The Balaban J connectivity index is 1.78. The average Bonchev–Trinajstić information content (AvgIpc) is 2.61. The summed E-state index contributed by atoms with van der Waals surface area (Å²) in [6.07, 6.45) is 0. The van der Waals surface area contributed by atoms with Crippen molar-refractivity contribution in [1.82, 2.24) is 9.97 Å². The van der Waals surface area contributed by atoms with E-state index < -0.39 is 10.7 Å². The molecule has 2 heterocycles. The van der Waals surface area contributed by atoms with Crippen molar-refractivity contribution < 1.29 is 9.31 Å². The third-order valence-corrected chi connectivity index (χ3v) is 4.45. The summed E-state index contributed by atoms with van der Waals surface area (Å²) in [5.74, 6) is 1.45. The van der Waals surface area contributed by atoms with E-state index in [9.17, 15) is 14.5 Å². The second-order valence-corrected chi connectivity index (χ2v) is 6.74. The molecule has 1 aliphatic heterocycles. The summed E-state index contributed by atoms with van der Waals surface area (Å²) in [5, 5.41) is 11.2. The monoisotopic (exact) mass is 359 g/mol. The summed E-state index contributed by atoms with van der Waals surface area (Å²) < 4.78 is 13.6. The van der Waals surface area contributed by atoms with Crippen LogP contribution in [-0.2, 0) is 0 Å². The lowest BCUT2D eigenvalue weighted by atomic mass is 10.2. The Morgan fingerprint density at radius 1 is 1.12 bits per heavy atom. The smallest absolute Gasteiger partial charge is 0.292 e. The van der Waals surface area contributed by atoms with Gasteiger partial charge in [-0.2, -0.15) is 0 Å². The highest BCUT2D eigenvalue weighted by atomic mass is 19.1. The Morgan fingerprint density at radius 2 is 1.77 bits per heavy atom. The SMILES string of the molecule is Cc1cc(N2CCN(c3cc(F)ccc3[N+](=O)[O-])CC2)nc(C(C)C)n1. The van der Waals surface area contributed by atoms with Crippen molar-refractivity contribution in [3.63, 3.8) is 0 Å². The van der Waals surface area contributed by atoms with Gasteiger partial charge in [-0.25, -0.2) is 14.4 Å². The molecule has 8 heteroatoms. The summed E-state index contributed by atoms with van der Waals surface area (Å²) in [6.45, 7) is 8.49. The van der Waals surface area contributed by atoms with Crippen molar-refractivity contribution in [2.75, 3.05) is 36.0 Å². The molecule has 0 bridgehead atoms. The first-order valence-electron chi connectivity index (χ1n) is 8.64. The number of rotatable bonds is 4. The number of hydrogen-bond acceptors (Lipinski definition) is 6. The molecular weight excluding hydrogens is 337 g/mol. The van der Waals surface area contributed by atoms with Crippen LogP contribution in [0.5, 0.6) is 0 Å². The highest BCUT2D eigenvalue weighted by Gasteiger charge is 2.25. The minimum absolute atomic E-state index is 0.0696. The van der Waals surface area contributed by atoms with Gasteiger partial charge in [0.25, 0.3) is 5.69 Å². The number of benzene rings is 1. The van der Waals surface area contributed by atoms with E-state index in [0.29, 0.717) is 31.9 Å². The van der Waals surface area contributed by atoms with Crippen molar-refractivity contribution in [3.8, 4) is 0 Å². The van der Waals surface area contributed by atoms with Crippen LogP contribution in [0.25, 0.3) is 0 Å². The number of nitrogens with zero attached hydrogens (tertiary/aromatic N) is 5. The zero-order valence-electron chi connectivity index (χ0n) is 15.1. The van der Waals surface area contributed by atoms with Gasteiger partial charge in [-0.3, -0.25) is 10.1 Å². The fourth-order valence-electron chi connectivity index (χ4n) is 3.08. The van der Waals surface area contributed by atoms with Gasteiger partial charge in [-0.05, 0) is 13.0 Å².